The SMILES string of the molecule is CC(Cl)Cl.CC(SCCSCCS)SCCSCCS.CCCSCCS. The van der Waals surface area contributed by atoms with Crippen LogP contribution in [0.25, 0.3) is 0 Å². The van der Waals surface area contributed by atoms with Gasteiger partial charge in [-0.05, 0) is 43.3 Å². The number of hydrogen-bond donors (Lipinski definition) is 3. The van der Waals surface area contributed by atoms with Crippen LogP contribution in [-0.2, 0) is 0 Å². The Morgan fingerprint density at radius 3 is 1.26 bits per heavy atom. The summed E-state index contributed by atoms with van der Waals surface area (Å²) < 4.78 is 0.744. The zero-order valence-electron chi connectivity index (χ0n) is 16.8. The summed E-state index contributed by atoms with van der Waals surface area (Å²) in [4.78, 5) is -0.222. The number of hydrogen-bond acceptors (Lipinski definition) is 8. The summed E-state index contributed by atoms with van der Waals surface area (Å²) in [5.74, 6) is 13.0. The van der Waals surface area contributed by atoms with E-state index in [1.807, 2.05) is 35.3 Å². The number of thiol groups is 3. The van der Waals surface area contributed by atoms with Crippen molar-refractivity contribution in [3.63, 3.8) is 0 Å². The maximum absolute atomic E-state index is 5.04. The van der Waals surface area contributed by atoms with Crippen molar-refractivity contribution in [2.24, 2.45) is 0 Å². The molecular formula is C17H38Cl2S8. The Balaban J connectivity index is -0.000000431. The van der Waals surface area contributed by atoms with Gasteiger partial charge in [-0.3, -0.25) is 0 Å². The highest BCUT2D eigenvalue weighted by Crippen LogP contribution is 2.24. The summed E-state index contributed by atoms with van der Waals surface area (Å²) >= 11 is 32.7. The van der Waals surface area contributed by atoms with Gasteiger partial charge in [0.05, 0.1) is 0 Å². The maximum atomic E-state index is 5.04. The molecule has 0 saturated heterocycles. The lowest BCUT2D eigenvalue weighted by Crippen LogP contribution is -1.97. The van der Waals surface area contributed by atoms with Gasteiger partial charge in [0.15, 0.2) is 0 Å². The predicted molar refractivity (Wildman–Crippen MR) is 159 cm³/mol. The molecule has 0 saturated carbocycles. The fourth-order valence-electron chi connectivity index (χ4n) is 1.24. The third-order valence-electron chi connectivity index (χ3n) is 2.22. The first-order valence-electron chi connectivity index (χ1n) is 9.03. The summed E-state index contributed by atoms with van der Waals surface area (Å²) in [6.07, 6.45) is 1.29. The van der Waals surface area contributed by atoms with Crippen LogP contribution in [-0.4, -0.2) is 72.7 Å². The first-order chi connectivity index (χ1) is 13.0. The second-order valence-corrected chi connectivity index (χ2v) is 14.6. The number of thioether (sulfide) groups is 5. The van der Waals surface area contributed by atoms with Crippen molar-refractivity contribution in [1.29, 1.82) is 0 Å². The molecule has 0 nitrogen and oxygen atoms in total. The van der Waals surface area contributed by atoms with Crippen molar-refractivity contribution in [2.45, 2.75) is 36.6 Å². The van der Waals surface area contributed by atoms with Gasteiger partial charge in [-0.15, -0.1) is 46.7 Å². The van der Waals surface area contributed by atoms with Gasteiger partial charge in [-0.2, -0.15) is 73.2 Å². The standard InChI is InChI=1S/C10H22S6.C5H12S2.C2H4Cl2/c1-10(15-8-6-13-4-2-11)16-9-7-14-5-3-12;1-2-4-7-5-3-6;1-2(3)4/h10-12H,2-9H2,1H3;6H,2-5H2,1H3;2H,1H3. The maximum Gasteiger partial charge on any atom is 0.105 e. The van der Waals surface area contributed by atoms with Crippen LogP contribution in [0.2, 0.25) is 0 Å². The molecule has 0 aromatic heterocycles. The summed E-state index contributed by atoms with van der Waals surface area (Å²) in [7, 11) is 0. The first-order valence-corrected chi connectivity index (χ1v) is 17.4. The van der Waals surface area contributed by atoms with Gasteiger partial charge < -0.3 is 0 Å². The number of rotatable bonds is 16. The third-order valence-corrected chi connectivity index (χ3v) is 10.1. The van der Waals surface area contributed by atoms with Crippen molar-refractivity contribution < 1.29 is 0 Å². The fourth-order valence-corrected chi connectivity index (χ4v) is 7.03. The highest BCUT2D eigenvalue weighted by atomic mass is 35.5. The van der Waals surface area contributed by atoms with E-state index in [0.29, 0.717) is 0 Å². The molecule has 0 aromatic rings. The Morgan fingerprint density at radius 2 is 0.963 bits per heavy atom. The summed E-state index contributed by atoms with van der Waals surface area (Å²) in [5.41, 5.74) is 0. The minimum Gasteiger partial charge on any atom is -0.179 e. The van der Waals surface area contributed by atoms with Crippen molar-refractivity contribution in [2.75, 3.05) is 63.3 Å². The molecule has 0 amide bonds. The molecule has 0 atom stereocenters. The van der Waals surface area contributed by atoms with Gasteiger partial charge in [-0.1, -0.05) is 6.92 Å². The van der Waals surface area contributed by atoms with Crippen molar-refractivity contribution in [1.82, 2.24) is 0 Å². The molecular weight excluding hydrogens is 532 g/mol. The fraction of sp³-hybridized carbons (Fsp3) is 1.00. The molecule has 0 aliphatic heterocycles. The molecule has 0 aromatic carbocycles. The average Bonchev–Trinajstić information content (AvgIpc) is 2.62. The van der Waals surface area contributed by atoms with E-state index in [4.69, 9.17) is 23.2 Å². The molecule has 0 unspecified atom stereocenters. The molecule has 0 rings (SSSR count). The van der Waals surface area contributed by atoms with Gasteiger partial charge in [0.2, 0.25) is 0 Å². The van der Waals surface area contributed by atoms with Crippen LogP contribution in [0.1, 0.15) is 27.2 Å². The second-order valence-electron chi connectivity index (χ2n) is 4.84. The Labute approximate surface area is 217 Å². The third kappa shape index (κ3) is 48.2. The van der Waals surface area contributed by atoms with E-state index in [1.165, 1.54) is 52.4 Å². The van der Waals surface area contributed by atoms with Crippen LogP contribution >= 0.6 is 120 Å². The van der Waals surface area contributed by atoms with E-state index in [2.05, 4.69) is 75.3 Å². The average molecular weight is 570 g/mol. The normalized spacial score (nSPS) is 10.4. The Hall–Kier alpha value is 3.38. The minimum atomic E-state index is -0.222. The predicted octanol–water partition coefficient (Wildman–Crippen LogP) is 7.99. The summed E-state index contributed by atoms with van der Waals surface area (Å²) in [5, 5.41) is 0. The van der Waals surface area contributed by atoms with E-state index < -0.39 is 0 Å². The minimum absolute atomic E-state index is 0.222. The lowest BCUT2D eigenvalue weighted by Gasteiger charge is -2.10. The molecule has 168 valence electrons. The van der Waals surface area contributed by atoms with Gasteiger partial charge in [0.1, 0.15) is 4.84 Å². The zero-order valence-corrected chi connectivity index (χ0v) is 25.1. The Morgan fingerprint density at radius 1 is 0.630 bits per heavy atom. The molecule has 27 heavy (non-hydrogen) atoms. The molecule has 0 aliphatic rings. The van der Waals surface area contributed by atoms with Crippen LogP contribution < -0.4 is 0 Å². The van der Waals surface area contributed by atoms with Crippen LogP contribution in [0.3, 0.4) is 0 Å². The van der Waals surface area contributed by atoms with Crippen LogP contribution in [0.15, 0.2) is 0 Å². The molecule has 0 heterocycles. The molecule has 0 spiro atoms. The molecule has 0 aliphatic carbocycles. The second kappa shape index (κ2) is 34.0. The monoisotopic (exact) mass is 568 g/mol. The van der Waals surface area contributed by atoms with Crippen LogP contribution in [0, 0.1) is 0 Å². The molecule has 0 N–H and O–H groups in total. The topological polar surface area (TPSA) is 0 Å². The molecule has 0 radical (unpaired) electrons. The number of halogens is 2. The van der Waals surface area contributed by atoms with Crippen molar-refractivity contribution in [3.8, 4) is 0 Å². The zero-order chi connectivity index (χ0) is 21.2. The Bertz CT molecular complexity index is 218. The first kappa shape index (κ1) is 35.0. The highest BCUT2D eigenvalue weighted by molar-refractivity contribution is 8.17. The van der Waals surface area contributed by atoms with Gasteiger partial charge in [0, 0.05) is 44.9 Å². The number of alkyl halides is 2. The highest BCUT2D eigenvalue weighted by Gasteiger charge is 2.02. The smallest absolute Gasteiger partial charge is 0.105 e. The summed E-state index contributed by atoms with van der Waals surface area (Å²) in [6, 6.07) is 0. The Kier molecular flexibility index (Phi) is 44.1. The van der Waals surface area contributed by atoms with Gasteiger partial charge in [-0.25, -0.2) is 0 Å². The van der Waals surface area contributed by atoms with E-state index in [9.17, 15) is 0 Å². The lowest BCUT2D eigenvalue weighted by atomic mass is 10.6. The molecule has 10 heteroatoms. The van der Waals surface area contributed by atoms with Crippen molar-refractivity contribution >= 4 is 120 Å². The van der Waals surface area contributed by atoms with Crippen LogP contribution in [0.5, 0.6) is 0 Å². The summed E-state index contributed by atoms with van der Waals surface area (Å²) in [6.45, 7) is 6.22. The largest absolute Gasteiger partial charge is 0.179 e. The lowest BCUT2D eigenvalue weighted by molar-refractivity contribution is 1.11. The van der Waals surface area contributed by atoms with Gasteiger partial charge in [0.25, 0.3) is 0 Å². The quantitative estimate of drug-likeness (QED) is 0.0744. The van der Waals surface area contributed by atoms with Crippen molar-refractivity contribution in [3.05, 3.63) is 0 Å². The van der Waals surface area contributed by atoms with Crippen LogP contribution in [0.4, 0.5) is 0 Å². The molecule has 0 fully saturated rings. The van der Waals surface area contributed by atoms with Gasteiger partial charge >= 0.3 is 0 Å². The van der Waals surface area contributed by atoms with E-state index in [0.717, 1.165) is 21.8 Å². The van der Waals surface area contributed by atoms with E-state index in [1.54, 1.807) is 6.92 Å². The van der Waals surface area contributed by atoms with E-state index in [-0.39, 0.29) is 4.84 Å². The molecule has 0 bridgehead atoms. The van der Waals surface area contributed by atoms with E-state index >= 15 is 0 Å².